The third-order valence-electron chi connectivity index (χ3n) is 2.43. The lowest BCUT2D eigenvalue weighted by Gasteiger charge is -2.20. The Kier molecular flexibility index (Phi) is 6.66. The van der Waals surface area contributed by atoms with Crippen LogP contribution in [-0.4, -0.2) is 44.5 Å². The Labute approximate surface area is 102 Å². The summed E-state index contributed by atoms with van der Waals surface area (Å²) in [6.07, 6.45) is 0.130. The number of nitrogens with one attached hydrogen (secondary N) is 1. The van der Waals surface area contributed by atoms with E-state index in [9.17, 15) is 13.2 Å². The van der Waals surface area contributed by atoms with E-state index >= 15 is 0 Å². The normalized spacial score (nSPS) is 15.8. The topological polar surface area (TPSA) is 92.7 Å². The minimum absolute atomic E-state index is 0.226. The molecule has 102 valence electrons. The summed E-state index contributed by atoms with van der Waals surface area (Å²) in [6, 6.07) is -1.10. The first-order valence-corrected chi connectivity index (χ1v) is 7.14. The molecule has 17 heavy (non-hydrogen) atoms. The van der Waals surface area contributed by atoms with Crippen molar-refractivity contribution in [2.75, 3.05) is 12.9 Å². The van der Waals surface area contributed by atoms with Crippen molar-refractivity contribution in [2.24, 2.45) is 5.92 Å². The summed E-state index contributed by atoms with van der Waals surface area (Å²) in [4.78, 5) is 10.9. The Bertz CT molecular complexity index is 335. The maximum absolute atomic E-state index is 11.7. The number of rotatable bonds is 8. The molecule has 0 spiro atoms. The van der Waals surface area contributed by atoms with Crippen LogP contribution in [0.5, 0.6) is 0 Å². The minimum Gasteiger partial charge on any atom is -0.480 e. The van der Waals surface area contributed by atoms with E-state index < -0.39 is 28.1 Å². The monoisotopic (exact) mass is 267 g/mol. The van der Waals surface area contributed by atoms with Gasteiger partial charge in [-0.25, -0.2) is 13.1 Å². The van der Waals surface area contributed by atoms with E-state index in [1.807, 2.05) is 0 Å². The fourth-order valence-electron chi connectivity index (χ4n) is 1.31. The Morgan fingerprint density at radius 1 is 1.41 bits per heavy atom. The van der Waals surface area contributed by atoms with Crippen LogP contribution in [0.4, 0.5) is 0 Å². The summed E-state index contributed by atoms with van der Waals surface area (Å²) >= 11 is 0. The maximum Gasteiger partial charge on any atom is 0.321 e. The second kappa shape index (κ2) is 6.93. The van der Waals surface area contributed by atoms with Gasteiger partial charge in [0, 0.05) is 7.11 Å². The summed E-state index contributed by atoms with van der Waals surface area (Å²) in [5.41, 5.74) is 0. The van der Waals surface area contributed by atoms with Crippen molar-refractivity contribution in [1.82, 2.24) is 4.72 Å². The number of carbonyl (C=O) groups is 1. The molecule has 7 heteroatoms. The van der Waals surface area contributed by atoms with Gasteiger partial charge >= 0.3 is 5.97 Å². The van der Waals surface area contributed by atoms with Gasteiger partial charge < -0.3 is 9.84 Å². The molecule has 0 rings (SSSR count). The molecule has 0 aliphatic rings. The van der Waals surface area contributed by atoms with Crippen molar-refractivity contribution in [3.8, 4) is 0 Å². The molecule has 2 atom stereocenters. The van der Waals surface area contributed by atoms with E-state index in [2.05, 4.69) is 4.72 Å². The van der Waals surface area contributed by atoms with Gasteiger partial charge in [0.15, 0.2) is 0 Å². The SMILES string of the molecule is CCC(CS(=O)(=O)N[C@H](C(=O)O)C(C)C)OC. The zero-order chi connectivity index (χ0) is 13.6. The number of methoxy groups -OCH3 is 1. The fourth-order valence-corrected chi connectivity index (χ4v) is 3.03. The number of carboxylic acid groups (broad SMARTS) is 1. The first-order valence-electron chi connectivity index (χ1n) is 5.49. The second-order valence-electron chi connectivity index (χ2n) is 4.23. The predicted octanol–water partition coefficient (Wildman–Crippen LogP) is 0.440. The molecule has 0 fully saturated rings. The van der Waals surface area contributed by atoms with Crippen molar-refractivity contribution < 1.29 is 23.1 Å². The first kappa shape index (κ1) is 16.3. The van der Waals surface area contributed by atoms with Crippen LogP contribution < -0.4 is 4.72 Å². The molecule has 0 aliphatic carbocycles. The third kappa shape index (κ3) is 5.99. The summed E-state index contributed by atoms with van der Waals surface area (Å²) in [6.45, 7) is 5.10. The number of carboxylic acids is 1. The number of aliphatic carboxylic acids is 1. The van der Waals surface area contributed by atoms with E-state index in [0.29, 0.717) is 6.42 Å². The molecule has 1 unspecified atom stereocenters. The van der Waals surface area contributed by atoms with Gasteiger partial charge in [0.05, 0.1) is 11.9 Å². The molecule has 0 bridgehead atoms. The molecule has 0 aromatic heterocycles. The van der Waals surface area contributed by atoms with Gasteiger partial charge in [0.1, 0.15) is 6.04 Å². The van der Waals surface area contributed by atoms with Gasteiger partial charge in [-0.3, -0.25) is 4.79 Å². The molecule has 6 nitrogen and oxygen atoms in total. The minimum atomic E-state index is -3.65. The summed E-state index contributed by atoms with van der Waals surface area (Å²) in [7, 11) is -2.22. The molecule has 0 amide bonds. The lowest BCUT2D eigenvalue weighted by atomic mass is 10.1. The molecule has 0 aromatic carbocycles. The molecule has 0 radical (unpaired) electrons. The number of sulfonamides is 1. The molecular formula is C10H21NO5S. The van der Waals surface area contributed by atoms with Crippen LogP contribution in [0, 0.1) is 5.92 Å². The van der Waals surface area contributed by atoms with Crippen LogP contribution in [-0.2, 0) is 19.6 Å². The third-order valence-corrected chi connectivity index (χ3v) is 3.86. The van der Waals surface area contributed by atoms with Gasteiger partial charge in [-0.1, -0.05) is 20.8 Å². The van der Waals surface area contributed by atoms with Gasteiger partial charge in [-0.15, -0.1) is 0 Å². The summed E-state index contributed by atoms with van der Waals surface area (Å²) < 4.78 is 30.6. The molecule has 0 aromatic rings. The van der Waals surface area contributed by atoms with E-state index in [-0.39, 0.29) is 11.7 Å². The van der Waals surface area contributed by atoms with Crippen LogP contribution in [0.3, 0.4) is 0 Å². The highest BCUT2D eigenvalue weighted by Crippen LogP contribution is 2.06. The molecular weight excluding hydrogens is 246 g/mol. The Hall–Kier alpha value is -0.660. The van der Waals surface area contributed by atoms with Crippen molar-refractivity contribution in [3.63, 3.8) is 0 Å². The zero-order valence-corrected chi connectivity index (χ0v) is 11.5. The van der Waals surface area contributed by atoms with Gasteiger partial charge in [0.25, 0.3) is 0 Å². The van der Waals surface area contributed by atoms with E-state index in [1.165, 1.54) is 7.11 Å². The highest BCUT2D eigenvalue weighted by atomic mass is 32.2. The zero-order valence-electron chi connectivity index (χ0n) is 10.6. The smallest absolute Gasteiger partial charge is 0.321 e. The first-order chi connectivity index (χ1) is 7.73. The van der Waals surface area contributed by atoms with Crippen molar-refractivity contribution in [1.29, 1.82) is 0 Å². The fraction of sp³-hybridized carbons (Fsp3) is 0.900. The second-order valence-corrected chi connectivity index (χ2v) is 6.02. The van der Waals surface area contributed by atoms with Crippen LogP contribution in [0.25, 0.3) is 0 Å². The number of hydrogen-bond donors (Lipinski definition) is 2. The lowest BCUT2D eigenvalue weighted by molar-refractivity contribution is -0.140. The van der Waals surface area contributed by atoms with E-state index in [0.717, 1.165) is 0 Å². The molecule has 0 saturated heterocycles. The average Bonchev–Trinajstić information content (AvgIpc) is 2.22. The van der Waals surface area contributed by atoms with Crippen LogP contribution in [0.2, 0.25) is 0 Å². The van der Waals surface area contributed by atoms with Crippen molar-refractivity contribution in [2.45, 2.75) is 39.3 Å². The molecule has 2 N–H and O–H groups in total. The van der Waals surface area contributed by atoms with E-state index in [1.54, 1.807) is 20.8 Å². The highest BCUT2D eigenvalue weighted by molar-refractivity contribution is 7.89. The molecule has 0 heterocycles. The van der Waals surface area contributed by atoms with Gasteiger partial charge in [-0.2, -0.15) is 0 Å². The Balaban J connectivity index is 4.67. The largest absolute Gasteiger partial charge is 0.480 e. The molecule has 0 aliphatic heterocycles. The standard InChI is InChI=1S/C10H21NO5S/c1-5-8(16-4)6-17(14,15)11-9(7(2)3)10(12)13/h7-9,11H,5-6H2,1-4H3,(H,12,13)/t8?,9-/m0/s1. The summed E-state index contributed by atoms with van der Waals surface area (Å²) in [5, 5.41) is 8.90. The average molecular weight is 267 g/mol. The Morgan fingerprint density at radius 3 is 2.24 bits per heavy atom. The molecule has 0 saturated carbocycles. The van der Waals surface area contributed by atoms with Crippen molar-refractivity contribution in [3.05, 3.63) is 0 Å². The van der Waals surface area contributed by atoms with E-state index in [4.69, 9.17) is 9.84 Å². The van der Waals surface area contributed by atoms with Crippen LogP contribution in [0.15, 0.2) is 0 Å². The lowest BCUT2D eigenvalue weighted by Crippen LogP contribution is -2.46. The quantitative estimate of drug-likeness (QED) is 0.665. The highest BCUT2D eigenvalue weighted by Gasteiger charge is 2.28. The van der Waals surface area contributed by atoms with Crippen LogP contribution in [0.1, 0.15) is 27.2 Å². The Morgan fingerprint density at radius 2 is 1.94 bits per heavy atom. The van der Waals surface area contributed by atoms with Crippen molar-refractivity contribution >= 4 is 16.0 Å². The number of hydrogen-bond acceptors (Lipinski definition) is 4. The maximum atomic E-state index is 11.7. The number of ether oxygens (including phenoxy) is 1. The predicted molar refractivity (Wildman–Crippen MR) is 64.3 cm³/mol. The van der Waals surface area contributed by atoms with Gasteiger partial charge in [-0.05, 0) is 12.3 Å². The van der Waals surface area contributed by atoms with Crippen LogP contribution >= 0.6 is 0 Å². The summed E-state index contributed by atoms with van der Waals surface area (Å²) in [5.74, 6) is -1.71. The van der Waals surface area contributed by atoms with Gasteiger partial charge in [0.2, 0.25) is 10.0 Å².